The molecule has 6 heteroatoms. The Hall–Kier alpha value is -2.73. The second-order valence-corrected chi connectivity index (χ2v) is 7.39. The highest BCUT2D eigenvalue weighted by atomic mass is 32.1. The van der Waals surface area contributed by atoms with Crippen molar-refractivity contribution in [2.45, 2.75) is 39.3 Å². The molecule has 2 heterocycles. The molecule has 0 aliphatic rings. The minimum atomic E-state index is -0.584. The lowest BCUT2D eigenvalue weighted by Crippen LogP contribution is -2.36. The Balaban J connectivity index is 1.57. The molecule has 27 heavy (non-hydrogen) atoms. The van der Waals surface area contributed by atoms with Crippen LogP contribution >= 0.6 is 11.3 Å². The molecule has 1 N–H and O–H groups in total. The molecule has 2 aromatic heterocycles. The summed E-state index contributed by atoms with van der Waals surface area (Å²) in [5, 5.41) is 5.67. The fraction of sp³-hybridized carbons (Fsp3) is 0.286. The van der Waals surface area contributed by atoms with Crippen molar-refractivity contribution in [3.05, 3.63) is 65.3 Å². The number of carbonyl (C=O) groups excluding carboxylic acids is 1. The van der Waals surface area contributed by atoms with Crippen molar-refractivity contribution >= 4 is 17.2 Å². The summed E-state index contributed by atoms with van der Waals surface area (Å²) in [6.45, 7) is 6.33. The summed E-state index contributed by atoms with van der Waals surface area (Å²) in [6, 6.07) is 13.5. The normalized spacial score (nSPS) is 12.0. The van der Waals surface area contributed by atoms with E-state index in [1.54, 1.807) is 13.1 Å². The molecule has 1 unspecified atom stereocenters. The van der Waals surface area contributed by atoms with Gasteiger partial charge in [0.2, 0.25) is 0 Å². The van der Waals surface area contributed by atoms with E-state index in [1.165, 1.54) is 11.3 Å². The van der Waals surface area contributed by atoms with Crippen molar-refractivity contribution in [3.63, 3.8) is 0 Å². The summed E-state index contributed by atoms with van der Waals surface area (Å²) in [5.74, 6) is 0.915. The van der Waals surface area contributed by atoms with Gasteiger partial charge < -0.3 is 10.1 Å². The van der Waals surface area contributed by atoms with Crippen LogP contribution in [0.5, 0.6) is 5.75 Å². The van der Waals surface area contributed by atoms with E-state index in [1.807, 2.05) is 47.8 Å². The molecule has 0 bridgehead atoms. The summed E-state index contributed by atoms with van der Waals surface area (Å²) >= 11 is 1.51. The smallest absolute Gasteiger partial charge is 0.261 e. The Kier molecular flexibility index (Phi) is 6.19. The third-order valence-corrected chi connectivity index (χ3v) is 5.01. The Morgan fingerprint density at radius 2 is 1.93 bits per heavy atom. The zero-order valence-electron chi connectivity index (χ0n) is 15.7. The van der Waals surface area contributed by atoms with Gasteiger partial charge in [-0.3, -0.25) is 9.78 Å². The average molecular weight is 382 g/mol. The number of aromatic nitrogens is 2. The first kappa shape index (κ1) is 19.0. The summed E-state index contributed by atoms with van der Waals surface area (Å²) < 4.78 is 5.89. The molecule has 1 atom stereocenters. The van der Waals surface area contributed by atoms with E-state index in [0.717, 1.165) is 27.7 Å². The van der Waals surface area contributed by atoms with E-state index in [4.69, 9.17) is 4.74 Å². The van der Waals surface area contributed by atoms with Gasteiger partial charge >= 0.3 is 0 Å². The fourth-order valence-corrected chi connectivity index (χ4v) is 3.42. The Morgan fingerprint density at radius 1 is 1.15 bits per heavy atom. The number of para-hydroxylation sites is 1. The van der Waals surface area contributed by atoms with E-state index in [-0.39, 0.29) is 5.91 Å². The predicted molar refractivity (Wildman–Crippen MR) is 108 cm³/mol. The van der Waals surface area contributed by atoms with Crippen LogP contribution in [0.2, 0.25) is 0 Å². The molecule has 0 fully saturated rings. The lowest BCUT2D eigenvalue weighted by Gasteiger charge is -2.18. The highest BCUT2D eigenvalue weighted by Crippen LogP contribution is 2.26. The number of rotatable bonds is 7. The standard InChI is InChI=1S/C21H23N3O2S/c1-14(2)17-8-4-5-10-19(17)26-15(3)20(25)23-12-16-13-27-21(24-16)18-9-6-7-11-22-18/h4-11,13-15H,12H2,1-3H3,(H,23,25). The highest BCUT2D eigenvalue weighted by Gasteiger charge is 2.17. The van der Waals surface area contributed by atoms with Gasteiger partial charge in [0.25, 0.3) is 5.91 Å². The van der Waals surface area contributed by atoms with Crippen LogP contribution in [0.3, 0.4) is 0 Å². The topological polar surface area (TPSA) is 64.1 Å². The van der Waals surface area contributed by atoms with Gasteiger partial charge in [0.05, 0.1) is 17.9 Å². The maximum atomic E-state index is 12.4. The number of pyridine rings is 1. The molecule has 1 amide bonds. The average Bonchev–Trinajstić information content (AvgIpc) is 3.16. The van der Waals surface area contributed by atoms with Crippen molar-refractivity contribution in [2.75, 3.05) is 0 Å². The van der Waals surface area contributed by atoms with Gasteiger partial charge in [0, 0.05) is 11.6 Å². The summed E-state index contributed by atoms with van der Waals surface area (Å²) in [5.41, 5.74) is 2.74. The molecule has 1 aromatic carbocycles. The van der Waals surface area contributed by atoms with E-state index in [2.05, 4.69) is 29.1 Å². The van der Waals surface area contributed by atoms with Gasteiger partial charge in [-0.15, -0.1) is 11.3 Å². The number of benzene rings is 1. The zero-order chi connectivity index (χ0) is 19.2. The minimum Gasteiger partial charge on any atom is -0.481 e. The van der Waals surface area contributed by atoms with E-state index >= 15 is 0 Å². The quantitative estimate of drug-likeness (QED) is 0.658. The van der Waals surface area contributed by atoms with E-state index in [0.29, 0.717) is 12.5 Å². The molecule has 0 saturated heterocycles. The van der Waals surface area contributed by atoms with Crippen molar-refractivity contribution in [3.8, 4) is 16.5 Å². The molecule has 0 radical (unpaired) electrons. The van der Waals surface area contributed by atoms with Gasteiger partial charge in [-0.2, -0.15) is 0 Å². The number of ether oxygens (including phenoxy) is 1. The summed E-state index contributed by atoms with van der Waals surface area (Å²) in [7, 11) is 0. The molecule has 0 aliphatic heterocycles. The van der Waals surface area contributed by atoms with Crippen molar-refractivity contribution in [2.24, 2.45) is 0 Å². The number of carbonyl (C=O) groups is 1. The van der Waals surface area contributed by atoms with Crippen LogP contribution in [0.4, 0.5) is 0 Å². The Labute approximate surface area is 163 Å². The third-order valence-electron chi connectivity index (χ3n) is 4.09. The lowest BCUT2D eigenvalue weighted by atomic mass is 10.0. The Morgan fingerprint density at radius 3 is 2.67 bits per heavy atom. The number of amides is 1. The van der Waals surface area contributed by atoms with Crippen LogP contribution in [-0.4, -0.2) is 22.0 Å². The maximum absolute atomic E-state index is 12.4. The second kappa shape index (κ2) is 8.77. The summed E-state index contributed by atoms with van der Waals surface area (Å²) in [4.78, 5) is 21.2. The molecule has 3 rings (SSSR count). The second-order valence-electron chi connectivity index (χ2n) is 6.53. The van der Waals surface area contributed by atoms with Gasteiger partial charge in [-0.05, 0) is 36.6 Å². The maximum Gasteiger partial charge on any atom is 0.261 e. The molecular weight excluding hydrogens is 358 g/mol. The molecule has 140 valence electrons. The van der Waals surface area contributed by atoms with Gasteiger partial charge in [-0.25, -0.2) is 4.98 Å². The number of thiazole rings is 1. The molecular formula is C21H23N3O2S. The largest absolute Gasteiger partial charge is 0.481 e. The molecule has 0 spiro atoms. The van der Waals surface area contributed by atoms with Crippen LogP contribution in [0.15, 0.2) is 54.0 Å². The van der Waals surface area contributed by atoms with E-state index < -0.39 is 6.10 Å². The van der Waals surface area contributed by atoms with Crippen molar-refractivity contribution in [1.82, 2.24) is 15.3 Å². The van der Waals surface area contributed by atoms with Crippen LogP contribution in [0, 0.1) is 0 Å². The fourth-order valence-electron chi connectivity index (χ4n) is 2.63. The van der Waals surface area contributed by atoms with Crippen molar-refractivity contribution < 1.29 is 9.53 Å². The first-order chi connectivity index (χ1) is 13.0. The van der Waals surface area contributed by atoms with Crippen molar-refractivity contribution in [1.29, 1.82) is 0 Å². The third kappa shape index (κ3) is 4.92. The van der Waals surface area contributed by atoms with Crippen LogP contribution < -0.4 is 10.1 Å². The van der Waals surface area contributed by atoms with Crippen LogP contribution in [0.25, 0.3) is 10.7 Å². The molecule has 3 aromatic rings. The van der Waals surface area contributed by atoms with Gasteiger partial charge in [0.1, 0.15) is 10.8 Å². The van der Waals surface area contributed by atoms with Gasteiger partial charge in [0.15, 0.2) is 6.10 Å². The number of nitrogens with zero attached hydrogens (tertiary/aromatic N) is 2. The van der Waals surface area contributed by atoms with Gasteiger partial charge in [-0.1, -0.05) is 38.1 Å². The molecule has 5 nitrogen and oxygen atoms in total. The first-order valence-electron chi connectivity index (χ1n) is 8.93. The minimum absolute atomic E-state index is 0.166. The van der Waals surface area contributed by atoms with Crippen LogP contribution in [-0.2, 0) is 11.3 Å². The SMILES string of the molecule is CC(Oc1ccccc1C(C)C)C(=O)NCc1csc(-c2ccccn2)n1. The lowest BCUT2D eigenvalue weighted by molar-refractivity contribution is -0.127. The van der Waals surface area contributed by atoms with Crippen LogP contribution in [0.1, 0.15) is 37.9 Å². The first-order valence-corrected chi connectivity index (χ1v) is 9.81. The number of nitrogens with one attached hydrogen (secondary N) is 1. The summed E-state index contributed by atoms with van der Waals surface area (Å²) in [6.07, 6.45) is 1.16. The Bertz CT molecular complexity index is 893. The predicted octanol–water partition coefficient (Wildman–Crippen LogP) is 4.41. The molecule has 0 saturated carbocycles. The highest BCUT2D eigenvalue weighted by molar-refractivity contribution is 7.13. The number of hydrogen-bond acceptors (Lipinski definition) is 5. The van der Waals surface area contributed by atoms with E-state index in [9.17, 15) is 4.79 Å². The molecule has 0 aliphatic carbocycles. The monoisotopic (exact) mass is 381 g/mol. The zero-order valence-corrected chi connectivity index (χ0v) is 16.5. The number of hydrogen-bond donors (Lipinski definition) is 1.